The van der Waals surface area contributed by atoms with Crippen LogP contribution in [-0.4, -0.2) is 124 Å². The lowest BCUT2D eigenvalue weighted by molar-refractivity contribution is -0.428. The molecule has 0 radical (unpaired) electrons. The average Bonchev–Trinajstić information content (AvgIpc) is 4.01. The highest BCUT2D eigenvalue weighted by Crippen LogP contribution is 2.45. The van der Waals surface area contributed by atoms with Gasteiger partial charge in [-0.1, -0.05) is 92.9 Å². The number of ether oxygens (including phenoxy) is 1. The summed E-state index contributed by atoms with van der Waals surface area (Å²) in [6.07, 6.45) is 11.7. The van der Waals surface area contributed by atoms with E-state index in [2.05, 4.69) is 21.7 Å². The van der Waals surface area contributed by atoms with E-state index in [-0.39, 0.29) is 46.8 Å². The van der Waals surface area contributed by atoms with Gasteiger partial charge in [-0.2, -0.15) is 0 Å². The zero-order valence-electron chi connectivity index (χ0n) is 43.0. The van der Waals surface area contributed by atoms with Gasteiger partial charge in [0.05, 0.1) is 12.1 Å². The molecule has 2 aliphatic heterocycles. The molecule has 6 aliphatic rings. The standard InChI is InChI=1S/C27H44N4O6.C22H36N4O4.CH2O2/c1-26(2,3)21(30-25(36)37-27(4,5)6)24(35)31-14-16-11-8-12-17(16)19(31)23(34)29-18(20(32)22(28)33)13-15-9-7-10-15;1-22(2,3)18(23)21(30)26-11-13-8-5-9-14(13)16(26)20(29)25-15(17(27)19(24)28)10-12-6-4-7-12;2-1-3/h15-19,21H,7-14H2,1-6H3,(H2,28,33)(H,29,34)(H,30,36);12-16,18H,4-11,23H2,1-3H3,(H2,24,28)(H,25,29);1H,(H,2,3)/t16-,17-,18?,19-,21+;13-,14-,15?,16-,18+;/m00./s1. The second kappa shape index (κ2) is 23.8. The first kappa shape index (κ1) is 57.4. The van der Waals surface area contributed by atoms with Crippen molar-refractivity contribution in [2.75, 3.05) is 13.1 Å². The highest BCUT2D eigenvalue weighted by Gasteiger charge is 2.54. The number of carbonyl (C=O) groups is 10. The number of quaternary nitrogens is 1. The molecule has 0 aromatic heterocycles. The Hall–Kier alpha value is -5.14. The molecular formula is C50H82N8O12. The molecule has 10 N–H and O–H groups in total. The molecule has 20 nitrogen and oxygen atoms in total. The van der Waals surface area contributed by atoms with Gasteiger partial charge in [0.15, 0.2) is 6.04 Å². The summed E-state index contributed by atoms with van der Waals surface area (Å²) >= 11 is 0. The number of ketones is 2. The molecule has 70 heavy (non-hydrogen) atoms. The fraction of sp³-hybridized carbons (Fsp3) is 0.800. The van der Waals surface area contributed by atoms with E-state index in [0.717, 1.165) is 77.0 Å². The zero-order valence-corrected chi connectivity index (χ0v) is 43.0. The zero-order chi connectivity index (χ0) is 52.6. The number of nitrogens with two attached hydrogens (primary N) is 2. The van der Waals surface area contributed by atoms with E-state index in [9.17, 15) is 43.2 Å². The molecule has 2 saturated heterocycles. The molecule has 6 rings (SSSR count). The average molecular weight is 987 g/mol. The first-order valence-electron chi connectivity index (χ1n) is 25.3. The molecule has 0 aromatic carbocycles. The van der Waals surface area contributed by atoms with Crippen molar-refractivity contribution in [2.24, 2.45) is 57.8 Å². The molecule has 4 aliphatic carbocycles. The lowest BCUT2D eigenvalue weighted by atomic mass is 9.80. The minimum Gasteiger partial charge on any atom is -0.554 e. The van der Waals surface area contributed by atoms with Crippen molar-refractivity contribution < 1.29 is 63.5 Å². The summed E-state index contributed by atoms with van der Waals surface area (Å²) in [7, 11) is 0. The number of amides is 7. The maximum Gasteiger partial charge on any atom is 0.408 e. The van der Waals surface area contributed by atoms with Crippen molar-refractivity contribution in [2.45, 2.75) is 194 Å². The SMILES string of the molecule is CC(C)(C)OC(=O)N[C@H](C(=O)N1C[C@@H]2CCC[C@@H]2[C@H]1C(=O)NC(CC1CCC1)C(=O)C(N)=O)C(C)(C)C.CC(C)(C)[C@H]([NH3+])C(=O)N1C[C@@H]2CCC[C@@H]2[C@H]1C(=O)NC(CC1CCC1)C(=O)C(N)=O.O=C[O-]. The number of rotatable bonds is 15. The van der Waals surface area contributed by atoms with Crippen LogP contribution < -0.4 is 38.3 Å². The van der Waals surface area contributed by atoms with Crippen molar-refractivity contribution in [3.63, 3.8) is 0 Å². The Bertz CT molecular complexity index is 1950. The maximum atomic E-state index is 13.9. The molecule has 2 heterocycles. The number of carbonyl (C=O) groups excluding carboxylic acids is 10. The first-order chi connectivity index (χ1) is 32.5. The number of carboxylic acid groups (broad SMARTS) is 1. The third-order valence-electron chi connectivity index (χ3n) is 15.3. The smallest absolute Gasteiger partial charge is 0.408 e. The predicted octanol–water partition coefficient (Wildman–Crippen LogP) is 0.648. The largest absolute Gasteiger partial charge is 0.554 e. The van der Waals surface area contributed by atoms with Crippen LogP contribution in [0.3, 0.4) is 0 Å². The molecular weight excluding hydrogens is 905 g/mol. The van der Waals surface area contributed by atoms with Gasteiger partial charge in [0, 0.05) is 25.0 Å². The second-order valence-corrected chi connectivity index (χ2v) is 23.7. The summed E-state index contributed by atoms with van der Waals surface area (Å²) in [4.78, 5) is 126. The Labute approximate surface area is 412 Å². The normalized spacial score (nSPS) is 25.8. The Morgan fingerprint density at radius 2 is 0.986 bits per heavy atom. The Kier molecular flexibility index (Phi) is 19.6. The number of fused-ring (bicyclic) bond motifs is 2. The van der Waals surface area contributed by atoms with E-state index in [1.165, 1.54) is 0 Å². The molecule has 4 saturated carbocycles. The predicted molar refractivity (Wildman–Crippen MR) is 254 cm³/mol. The quantitative estimate of drug-likeness (QED) is 0.0974. The molecule has 0 aromatic rings. The number of nitrogens with zero attached hydrogens (tertiary/aromatic N) is 2. The fourth-order valence-corrected chi connectivity index (χ4v) is 11.0. The summed E-state index contributed by atoms with van der Waals surface area (Å²) in [5, 5.41) is 16.6. The topological polar surface area (TPSA) is 325 Å². The van der Waals surface area contributed by atoms with E-state index in [1.54, 1.807) is 30.6 Å². The monoisotopic (exact) mass is 987 g/mol. The number of alkyl carbamates (subject to hydrolysis) is 1. The molecule has 10 atom stereocenters. The molecule has 20 heteroatoms. The number of nitrogens with one attached hydrogen (secondary N) is 3. The van der Waals surface area contributed by atoms with Crippen LogP contribution >= 0.6 is 0 Å². The number of primary amides is 2. The van der Waals surface area contributed by atoms with E-state index in [0.29, 0.717) is 37.8 Å². The molecule has 6 fully saturated rings. The van der Waals surface area contributed by atoms with Crippen molar-refractivity contribution in [1.82, 2.24) is 25.8 Å². The molecule has 2 unspecified atom stereocenters. The maximum absolute atomic E-state index is 13.9. The number of hydrogen-bond donors (Lipinski definition) is 6. The van der Waals surface area contributed by atoms with Crippen LogP contribution in [0.25, 0.3) is 0 Å². The Balaban J connectivity index is 0.000000294. The van der Waals surface area contributed by atoms with Gasteiger partial charge < -0.3 is 57.6 Å². The third-order valence-corrected chi connectivity index (χ3v) is 15.3. The Morgan fingerprint density at radius 3 is 1.30 bits per heavy atom. The van der Waals surface area contributed by atoms with Crippen LogP contribution in [0, 0.1) is 46.3 Å². The van der Waals surface area contributed by atoms with Crippen molar-refractivity contribution >= 4 is 59.6 Å². The van der Waals surface area contributed by atoms with Crippen LogP contribution in [-0.2, 0) is 47.9 Å². The molecule has 394 valence electrons. The van der Waals surface area contributed by atoms with Crippen LogP contribution in [0.15, 0.2) is 0 Å². The van der Waals surface area contributed by atoms with Gasteiger partial charge in [0.25, 0.3) is 17.7 Å². The van der Waals surface area contributed by atoms with Gasteiger partial charge in [-0.25, -0.2) is 4.79 Å². The van der Waals surface area contributed by atoms with Crippen molar-refractivity contribution in [3.8, 4) is 0 Å². The lowest BCUT2D eigenvalue weighted by Crippen LogP contribution is -2.73. The second-order valence-electron chi connectivity index (χ2n) is 23.7. The fourth-order valence-electron chi connectivity index (χ4n) is 11.0. The van der Waals surface area contributed by atoms with E-state index in [1.807, 2.05) is 41.5 Å². The van der Waals surface area contributed by atoms with Crippen LogP contribution in [0.2, 0.25) is 0 Å². The molecule has 0 spiro atoms. The summed E-state index contributed by atoms with van der Waals surface area (Å²) in [5.74, 6) is -3.80. The summed E-state index contributed by atoms with van der Waals surface area (Å²) < 4.78 is 5.40. The minimum absolute atomic E-state index is 0.0425. The van der Waals surface area contributed by atoms with Gasteiger partial charge >= 0.3 is 6.09 Å². The number of likely N-dealkylation sites (tertiary alicyclic amines) is 2. The highest BCUT2D eigenvalue weighted by atomic mass is 16.6. The van der Waals surface area contributed by atoms with Gasteiger partial charge in [0.2, 0.25) is 29.3 Å². The Morgan fingerprint density at radius 1 is 0.614 bits per heavy atom. The van der Waals surface area contributed by atoms with E-state index in [4.69, 9.17) is 26.1 Å². The van der Waals surface area contributed by atoms with Gasteiger partial charge in [-0.3, -0.25) is 38.4 Å². The van der Waals surface area contributed by atoms with Crippen molar-refractivity contribution in [3.05, 3.63) is 0 Å². The lowest BCUT2D eigenvalue weighted by Gasteiger charge is -2.37. The highest BCUT2D eigenvalue weighted by molar-refractivity contribution is 6.38. The molecule has 7 amide bonds. The summed E-state index contributed by atoms with van der Waals surface area (Å²) in [5.41, 5.74) is 12.9. The third kappa shape index (κ3) is 14.7. The van der Waals surface area contributed by atoms with Gasteiger partial charge in [-0.05, 0) is 100 Å². The van der Waals surface area contributed by atoms with Crippen LogP contribution in [0.5, 0.6) is 0 Å². The molecule has 0 bridgehead atoms. The van der Waals surface area contributed by atoms with Crippen LogP contribution in [0.4, 0.5) is 4.79 Å². The summed E-state index contributed by atoms with van der Waals surface area (Å²) in [6.45, 7) is 17.1. The first-order valence-corrected chi connectivity index (χ1v) is 25.3. The van der Waals surface area contributed by atoms with E-state index >= 15 is 0 Å². The number of Topliss-reactive ketones (excluding diaryl/α,β-unsaturated/α-hetero) is 2. The minimum atomic E-state index is -1.07. The van der Waals surface area contributed by atoms with Crippen LogP contribution in [0.1, 0.15) is 152 Å². The number of hydrogen-bond acceptors (Lipinski definition) is 12. The summed E-state index contributed by atoms with van der Waals surface area (Å²) in [6, 6.07) is -4.68. The van der Waals surface area contributed by atoms with E-state index < -0.39 is 89.1 Å². The van der Waals surface area contributed by atoms with Gasteiger partial charge in [-0.15, -0.1) is 0 Å². The van der Waals surface area contributed by atoms with Gasteiger partial charge in [0.1, 0.15) is 23.7 Å². The van der Waals surface area contributed by atoms with Crippen molar-refractivity contribution in [1.29, 1.82) is 0 Å².